The van der Waals surface area contributed by atoms with E-state index in [4.69, 9.17) is 0 Å². The Morgan fingerprint density at radius 1 is 1.25 bits per heavy atom. The Balaban J connectivity index is 1.83. The van der Waals surface area contributed by atoms with E-state index in [1.54, 1.807) is 28.2 Å². The molecule has 2 atom stereocenters. The van der Waals surface area contributed by atoms with Gasteiger partial charge in [-0.1, -0.05) is 36.4 Å². The molecule has 1 aliphatic heterocycles. The summed E-state index contributed by atoms with van der Waals surface area (Å²) in [6, 6.07) is 13.7. The second-order valence-corrected chi connectivity index (χ2v) is 7.31. The summed E-state index contributed by atoms with van der Waals surface area (Å²) >= 11 is 1.66. The Bertz CT molecular complexity index is 699. The van der Waals surface area contributed by atoms with Crippen LogP contribution in [0.5, 0.6) is 0 Å². The third-order valence-corrected chi connectivity index (χ3v) is 5.53. The molecule has 126 valence electrons. The number of benzene rings is 1. The van der Waals surface area contributed by atoms with Crippen molar-refractivity contribution >= 4 is 23.2 Å². The van der Waals surface area contributed by atoms with Crippen LogP contribution < -0.4 is 0 Å². The third kappa shape index (κ3) is 3.36. The lowest BCUT2D eigenvalue weighted by Gasteiger charge is -2.40. The van der Waals surface area contributed by atoms with Crippen LogP contribution >= 0.6 is 11.3 Å². The highest BCUT2D eigenvalue weighted by Gasteiger charge is 2.39. The fraction of sp³-hybridized carbons (Fsp3) is 0.368. The van der Waals surface area contributed by atoms with Gasteiger partial charge in [0, 0.05) is 25.4 Å². The van der Waals surface area contributed by atoms with Gasteiger partial charge in [0.25, 0.3) is 0 Å². The highest BCUT2D eigenvalue weighted by molar-refractivity contribution is 7.09. The highest BCUT2D eigenvalue weighted by atomic mass is 32.1. The van der Waals surface area contributed by atoms with Gasteiger partial charge in [-0.25, -0.2) is 0 Å². The number of rotatable bonds is 4. The fourth-order valence-corrected chi connectivity index (χ4v) is 4.16. The highest BCUT2D eigenvalue weighted by Crippen LogP contribution is 2.36. The normalized spacial score (nSPS) is 20.9. The molecule has 0 unspecified atom stereocenters. The number of hydrogen-bond acceptors (Lipinski definition) is 3. The molecular weight excluding hydrogens is 320 g/mol. The van der Waals surface area contributed by atoms with Gasteiger partial charge in [0.15, 0.2) is 0 Å². The molecule has 1 aliphatic rings. The van der Waals surface area contributed by atoms with Crippen LogP contribution in [0.3, 0.4) is 0 Å². The zero-order chi connectivity index (χ0) is 17.1. The van der Waals surface area contributed by atoms with E-state index in [2.05, 4.69) is 0 Å². The largest absolute Gasteiger partial charge is 0.340 e. The lowest BCUT2D eigenvalue weighted by molar-refractivity contribution is -0.146. The number of likely N-dealkylation sites (tertiary alicyclic amines) is 1. The van der Waals surface area contributed by atoms with Crippen molar-refractivity contribution in [1.82, 2.24) is 9.80 Å². The maximum Gasteiger partial charge on any atom is 0.228 e. The molecule has 0 bridgehead atoms. The molecule has 5 heteroatoms. The first-order valence-electron chi connectivity index (χ1n) is 8.16. The number of amides is 2. The van der Waals surface area contributed by atoms with E-state index in [-0.39, 0.29) is 23.8 Å². The molecule has 4 nitrogen and oxygen atoms in total. The predicted molar refractivity (Wildman–Crippen MR) is 95.5 cm³/mol. The molecule has 0 N–H and O–H groups in total. The number of hydrogen-bond donors (Lipinski definition) is 0. The fourth-order valence-electron chi connectivity index (χ4n) is 3.40. The first-order valence-corrected chi connectivity index (χ1v) is 9.04. The number of carbonyl (C=O) groups excluding carboxylic acids is 2. The lowest BCUT2D eigenvalue weighted by atomic mass is 9.83. The van der Waals surface area contributed by atoms with Gasteiger partial charge in [-0.05, 0) is 23.4 Å². The summed E-state index contributed by atoms with van der Waals surface area (Å²) in [4.78, 5) is 29.9. The minimum absolute atomic E-state index is 0.105. The van der Waals surface area contributed by atoms with Crippen molar-refractivity contribution in [2.24, 2.45) is 5.92 Å². The summed E-state index contributed by atoms with van der Waals surface area (Å²) in [6.45, 7) is 0.617. The molecule has 0 radical (unpaired) electrons. The minimum atomic E-state index is -0.194. The molecule has 2 aromatic rings. The molecule has 1 aromatic carbocycles. The molecule has 1 saturated heterocycles. The van der Waals surface area contributed by atoms with Crippen molar-refractivity contribution in [3.63, 3.8) is 0 Å². The Morgan fingerprint density at radius 2 is 2.00 bits per heavy atom. The summed E-state index contributed by atoms with van der Waals surface area (Å²) in [6.07, 6.45) is 1.04. The van der Waals surface area contributed by atoms with E-state index in [9.17, 15) is 9.59 Å². The Morgan fingerprint density at radius 3 is 2.67 bits per heavy atom. The number of thiophene rings is 1. The van der Waals surface area contributed by atoms with Crippen LogP contribution in [0.15, 0.2) is 47.8 Å². The molecule has 0 spiro atoms. The van der Waals surface area contributed by atoms with Crippen molar-refractivity contribution in [2.45, 2.75) is 25.4 Å². The topological polar surface area (TPSA) is 40.6 Å². The van der Waals surface area contributed by atoms with Gasteiger partial charge in [0.1, 0.15) is 0 Å². The van der Waals surface area contributed by atoms with E-state index in [0.717, 1.165) is 5.56 Å². The molecule has 24 heavy (non-hydrogen) atoms. The van der Waals surface area contributed by atoms with Crippen LogP contribution in [-0.2, 0) is 16.1 Å². The van der Waals surface area contributed by atoms with Gasteiger partial charge < -0.3 is 9.80 Å². The van der Waals surface area contributed by atoms with Crippen LogP contribution in [0.1, 0.15) is 29.3 Å². The van der Waals surface area contributed by atoms with Crippen LogP contribution in [0.4, 0.5) is 0 Å². The van der Waals surface area contributed by atoms with Crippen molar-refractivity contribution < 1.29 is 9.59 Å². The summed E-state index contributed by atoms with van der Waals surface area (Å²) in [5.41, 5.74) is 1.02. The van der Waals surface area contributed by atoms with Crippen LogP contribution in [-0.4, -0.2) is 35.7 Å². The lowest BCUT2D eigenvalue weighted by Crippen LogP contribution is -2.46. The second kappa shape index (κ2) is 7.18. The minimum Gasteiger partial charge on any atom is -0.340 e. The van der Waals surface area contributed by atoms with E-state index < -0.39 is 0 Å². The summed E-state index contributed by atoms with van der Waals surface area (Å²) in [5, 5.41) is 2.02. The zero-order valence-electron chi connectivity index (χ0n) is 14.0. The summed E-state index contributed by atoms with van der Waals surface area (Å²) in [5.74, 6) is 0.0190. The molecule has 0 saturated carbocycles. The van der Waals surface area contributed by atoms with Gasteiger partial charge in [0.05, 0.1) is 18.5 Å². The molecule has 1 fully saturated rings. The average molecular weight is 342 g/mol. The Hall–Kier alpha value is -2.14. The standard InChI is InChI=1S/C19H22N2O2S/c1-20(13-15-9-6-12-24-15)19(23)16-10-11-17(22)21(2)18(16)14-7-4-3-5-8-14/h3-9,12,16,18H,10-11,13H2,1-2H3/t16-,18-/m1/s1. The predicted octanol–water partition coefficient (Wildman–Crippen LogP) is 3.32. The van der Waals surface area contributed by atoms with E-state index in [1.165, 1.54) is 4.88 Å². The molecule has 1 aromatic heterocycles. The van der Waals surface area contributed by atoms with E-state index in [0.29, 0.717) is 19.4 Å². The Kier molecular flexibility index (Phi) is 5.00. The molecule has 3 rings (SSSR count). The quantitative estimate of drug-likeness (QED) is 0.855. The second-order valence-electron chi connectivity index (χ2n) is 6.28. The van der Waals surface area contributed by atoms with Gasteiger partial charge in [-0.15, -0.1) is 11.3 Å². The van der Waals surface area contributed by atoms with Crippen LogP contribution in [0.25, 0.3) is 0 Å². The maximum atomic E-state index is 13.1. The van der Waals surface area contributed by atoms with Crippen LogP contribution in [0.2, 0.25) is 0 Å². The van der Waals surface area contributed by atoms with Crippen molar-refractivity contribution in [1.29, 1.82) is 0 Å². The molecule has 2 amide bonds. The maximum absolute atomic E-state index is 13.1. The van der Waals surface area contributed by atoms with Gasteiger partial charge in [-0.3, -0.25) is 9.59 Å². The first-order chi connectivity index (χ1) is 11.6. The SMILES string of the molecule is CN(Cc1cccs1)C(=O)[C@@H]1CCC(=O)N(C)[C@@H]1c1ccccc1. The monoisotopic (exact) mass is 342 g/mol. The van der Waals surface area contributed by atoms with Crippen molar-refractivity contribution in [3.8, 4) is 0 Å². The van der Waals surface area contributed by atoms with E-state index in [1.807, 2.05) is 54.9 Å². The van der Waals surface area contributed by atoms with Crippen molar-refractivity contribution in [2.75, 3.05) is 14.1 Å². The Labute approximate surface area is 146 Å². The number of carbonyl (C=O) groups is 2. The zero-order valence-corrected chi connectivity index (χ0v) is 14.8. The first kappa shape index (κ1) is 16.7. The van der Waals surface area contributed by atoms with Gasteiger partial charge >= 0.3 is 0 Å². The van der Waals surface area contributed by atoms with Gasteiger partial charge in [-0.2, -0.15) is 0 Å². The van der Waals surface area contributed by atoms with Gasteiger partial charge in [0.2, 0.25) is 11.8 Å². The third-order valence-electron chi connectivity index (χ3n) is 4.67. The number of nitrogens with zero attached hydrogens (tertiary/aromatic N) is 2. The number of piperidine rings is 1. The smallest absolute Gasteiger partial charge is 0.228 e. The average Bonchev–Trinajstić information content (AvgIpc) is 3.10. The van der Waals surface area contributed by atoms with E-state index >= 15 is 0 Å². The summed E-state index contributed by atoms with van der Waals surface area (Å²) in [7, 11) is 3.65. The summed E-state index contributed by atoms with van der Waals surface area (Å²) < 4.78 is 0. The van der Waals surface area contributed by atoms with Crippen molar-refractivity contribution in [3.05, 3.63) is 58.3 Å². The molecular formula is C19H22N2O2S. The molecule has 2 heterocycles. The van der Waals surface area contributed by atoms with Crippen LogP contribution in [0, 0.1) is 5.92 Å². The molecule has 0 aliphatic carbocycles.